The number of pyridine rings is 1. The SMILES string of the molecule is C=CCN1C(=O)C(=Cc2c(N3CCN(CC)CC3)c3ccccc3n(CC)c2=O)SC1=S. The minimum Gasteiger partial charge on any atom is -0.368 e. The molecule has 1 amide bonds. The van der Waals surface area contributed by atoms with E-state index >= 15 is 0 Å². The van der Waals surface area contributed by atoms with Crippen LogP contribution in [0, 0.1) is 0 Å². The Labute approximate surface area is 198 Å². The van der Waals surface area contributed by atoms with E-state index in [1.165, 1.54) is 16.7 Å². The summed E-state index contributed by atoms with van der Waals surface area (Å²) >= 11 is 6.65. The molecule has 6 nitrogen and oxygen atoms in total. The van der Waals surface area contributed by atoms with E-state index in [4.69, 9.17) is 12.2 Å². The lowest BCUT2D eigenvalue weighted by Crippen LogP contribution is -2.47. The van der Waals surface area contributed by atoms with Gasteiger partial charge in [-0.25, -0.2) is 0 Å². The maximum absolute atomic E-state index is 13.7. The number of hydrogen-bond acceptors (Lipinski definition) is 6. The molecule has 1 aromatic carbocycles. The van der Waals surface area contributed by atoms with E-state index in [9.17, 15) is 9.59 Å². The van der Waals surface area contributed by atoms with Crippen LogP contribution in [-0.4, -0.2) is 63.9 Å². The molecule has 0 bridgehead atoms. The predicted molar refractivity (Wildman–Crippen MR) is 138 cm³/mol. The van der Waals surface area contributed by atoms with E-state index in [1.807, 2.05) is 25.1 Å². The highest BCUT2D eigenvalue weighted by Gasteiger charge is 2.32. The summed E-state index contributed by atoms with van der Waals surface area (Å²) in [6, 6.07) is 8.04. The molecule has 0 radical (unpaired) electrons. The van der Waals surface area contributed by atoms with Gasteiger partial charge in [0, 0.05) is 44.7 Å². The number of para-hydroxylation sites is 1. The quantitative estimate of drug-likeness (QED) is 0.367. The third kappa shape index (κ3) is 4.02. The average molecular weight is 469 g/mol. The summed E-state index contributed by atoms with van der Waals surface area (Å²) in [5.74, 6) is -0.169. The van der Waals surface area contributed by atoms with Crippen molar-refractivity contribution in [2.75, 3.05) is 44.2 Å². The molecule has 2 aliphatic heterocycles. The van der Waals surface area contributed by atoms with Crippen molar-refractivity contribution < 1.29 is 4.79 Å². The van der Waals surface area contributed by atoms with E-state index in [1.54, 1.807) is 16.7 Å². The number of aryl methyl sites for hydroxylation is 1. The van der Waals surface area contributed by atoms with Gasteiger partial charge in [0.05, 0.1) is 21.7 Å². The molecule has 3 heterocycles. The van der Waals surface area contributed by atoms with Crippen LogP contribution in [0.25, 0.3) is 17.0 Å². The summed E-state index contributed by atoms with van der Waals surface area (Å²) in [6.45, 7) is 13.4. The molecule has 0 saturated carbocycles. The minimum atomic E-state index is -0.169. The van der Waals surface area contributed by atoms with Crippen LogP contribution in [0.1, 0.15) is 19.4 Å². The number of thioether (sulfide) groups is 1. The molecule has 0 spiro atoms. The summed E-state index contributed by atoms with van der Waals surface area (Å²) in [5.41, 5.74) is 2.33. The van der Waals surface area contributed by atoms with Crippen molar-refractivity contribution >= 4 is 56.9 Å². The van der Waals surface area contributed by atoms with Gasteiger partial charge < -0.3 is 14.4 Å². The highest BCUT2D eigenvalue weighted by molar-refractivity contribution is 8.26. The van der Waals surface area contributed by atoms with Crippen LogP contribution >= 0.6 is 24.0 Å². The van der Waals surface area contributed by atoms with Crippen LogP contribution in [0.2, 0.25) is 0 Å². The number of piperazine rings is 1. The first-order valence-electron chi connectivity index (χ1n) is 11.0. The first kappa shape index (κ1) is 22.8. The molecule has 168 valence electrons. The predicted octanol–water partition coefficient (Wildman–Crippen LogP) is 3.55. The van der Waals surface area contributed by atoms with Crippen molar-refractivity contribution in [1.82, 2.24) is 14.4 Å². The van der Waals surface area contributed by atoms with Crippen molar-refractivity contribution in [2.24, 2.45) is 0 Å². The zero-order chi connectivity index (χ0) is 22.8. The number of carbonyl (C=O) groups is 1. The van der Waals surface area contributed by atoms with E-state index < -0.39 is 0 Å². The molecule has 8 heteroatoms. The highest BCUT2D eigenvalue weighted by Crippen LogP contribution is 2.36. The number of benzene rings is 1. The largest absolute Gasteiger partial charge is 0.368 e. The van der Waals surface area contributed by atoms with Gasteiger partial charge in [-0.1, -0.05) is 55.2 Å². The first-order chi connectivity index (χ1) is 15.5. The molecule has 32 heavy (non-hydrogen) atoms. The lowest BCUT2D eigenvalue weighted by molar-refractivity contribution is -0.121. The Morgan fingerprint density at radius 3 is 2.47 bits per heavy atom. The fourth-order valence-electron chi connectivity index (χ4n) is 4.40. The van der Waals surface area contributed by atoms with Gasteiger partial charge in [0.25, 0.3) is 11.5 Å². The Morgan fingerprint density at radius 2 is 1.81 bits per heavy atom. The second-order valence-electron chi connectivity index (χ2n) is 7.83. The number of aromatic nitrogens is 1. The molecule has 2 aliphatic rings. The van der Waals surface area contributed by atoms with Gasteiger partial charge in [-0.3, -0.25) is 14.5 Å². The van der Waals surface area contributed by atoms with Gasteiger partial charge in [0.15, 0.2) is 0 Å². The number of hydrogen-bond donors (Lipinski definition) is 0. The number of rotatable bonds is 6. The number of amides is 1. The summed E-state index contributed by atoms with van der Waals surface area (Å²) in [5, 5.41) is 1.03. The maximum Gasteiger partial charge on any atom is 0.266 e. The van der Waals surface area contributed by atoms with Crippen LogP contribution in [0.15, 0.2) is 46.6 Å². The minimum absolute atomic E-state index is 0.0758. The van der Waals surface area contributed by atoms with E-state index in [0.717, 1.165) is 49.3 Å². The number of thiocarbonyl (C=S) groups is 1. The van der Waals surface area contributed by atoms with Gasteiger partial charge in [0.1, 0.15) is 4.32 Å². The zero-order valence-corrected chi connectivity index (χ0v) is 20.2. The summed E-state index contributed by atoms with van der Waals surface area (Å²) < 4.78 is 2.29. The fourth-order valence-corrected chi connectivity index (χ4v) is 5.66. The van der Waals surface area contributed by atoms with Gasteiger partial charge in [-0.15, -0.1) is 6.58 Å². The van der Waals surface area contributed by atoms with Crippen LogP contribution in [0.5, 0.6) is 0 Å². The third-order valence-corrected chi connectivity index (χ3v) is 7.47. The lowest BCUT2D eigenvalue weighted by Gasteiger charge is -2.37. The van der Waals surface area contributed by atoms with E-state index in [2.05, 4.69) is 29.4 Å². The maximum atomic E-state index is 13.7. The van der Waals surface area contributed by atoms with Crippen LogP contribution < -0.4 is 10.5 Å². The van der Waals surface area contributed by atoms with Crippen LogP contribution in [0.4, 0.5) is 5.69 Å². The monoisotopic (exact) mass is 468 g/mol. The van der Waals surface area contributed by atoms with Crippen molar-refractivity contribution in [1.29, 1.82) is 0 Å². The molecule has 2 saturated heterocycles. The first-order valence-corrected chi connectivity index (χ1v) is 12.2. The second-order valence-corrected chi connectivity index (χ2v) is 9.51. The molecule has 0 N–H and O–H groups in total. The van der Waals surface area contributed by atoms with E-state index in [0.29, 0.717) is 27.9 Å². The topological polar surface area (TPSA) is 48.8 Å². The van der Waals surface area contributed by atoms with Crippen molar-refractivity contribution in [3.8, 4) is 0 Å². The smallest absolute Gasteiger partial charge is 0.266 e. The van der Waals surface area contributed by atoms with Gasteiger partial charge in [-0.2, -0.15) is 0 Å². The van der Waals surface area contributed by atoms with Crippen molar-refractivity contribution in [3.63, 3.8) is 0 Å². The molecular formula is C24H28N4O2S2. The lowest BCUT2D eigenvalue weighted by atomic mass is 10.0. The molecule has 0 atom stereocenters. The van der Waals surface area contributed by atoms with Gasteiger partial charge in [-0.05, 0) is 25.6 Å². The summed E-state index contributed by atoms with van der Waals surface area (Å²) in [4.78, 5) is 33.4. The van der Waals surface area contributed by atoms with Crippen molar-refractivity contribution in [3.05, 3.63) is 57.7 Å². The molecule has 4 rings (SSSR count). The van der Waals surface area contributed by atoms with Gasteiger partial charge in [0.2, 0.25) is 0 Å². The van der Waals surface area contributed by atoms with Crippen LogP contribution in [0.3, 0.4) is 0 Å². The Hall–Kier alpha value is -2.42. The molecular weight excluding hydrogens is 440 g/mol. The Bertz CT molecular complexity index is 1160. The van der Waals surface area contributed by atoms with E-state index in [-0.39, 0.29) is 11.5 Å². The Morgan fingerprint density at radius 1 is 1.09 bits per heavy atom. The highest BCUT2D eigenvalue weighted by atomic mass is 32.2. The number of likely N-dealkylation sites (N-methyl/N-ethyl adjacent to an activating group) is 1. The summed E-state index contributed by atoms with van der Waals surface area (Å²) in [6.07, 6.45) is 3.41. The molecule has 2 fully saturated rings. The number of nitrogens with zero attached hydrogens (tertiary/aromatic N) is 4. The number of anilines is 1. The zero-order valence-electron chi connectivity index (χ0n) is 18.5. The van der Waals surface area contributed by atoms with Crippen LogP contribution in [-0.2, 0) is 11.3 Å². The molecule has 0 aliphatic carbocycles. The summed E-state index contributed by atoms with van der Waals surface area (Å²) in [7, 11) is 0. The standard InChI is InChI=1S/C24H28N4O2S2/c1-4-11-28-23(30)20(32-24(28)31)16-18-21(26-14-12-25(5-2)13-15-26)17-9-7-8-10-19(17)27(6-3)22(18)29/h4,7-10,16H,1,5-6,11-15H2,2-3H3. The molecule has 2 aromatic rings. The third-order valence-electron chi connectivity index (χ3n) is 6.09. The number of carbonyl (C=O) groups excluding carboxylic acids is 1. The second kappa shape index (κ2) is 9.60. The van der Waals surface area contributed by atoms with Gasteiger partial charge >= 0.3 is 0 Å². The Balaban J connectivity index is 1.91. The van der Waals surface area contributed by atoms with Crippen molar-refractivity contribution in [2.45, 2.75) is 20.4 Å². The molecule has 0 unspecified atom stereocenters. The number of fused-ring (bicyclic) bond motifs is 1. The normalized spacial score (nSPS) is 18.9. The molecule has 1 aromatic heterocycles. The fraction of sp³-hybridized carbons (Fsp3) is 0.375. The Kier molecular flexibility index (Phi) is 6.83. The average Bonchev–Trinajstić information content (AvgIpc) is 3.07.